The maximum atomic E-state index is 11.2. The van der Waals surface area contributed by atoms with Gasteiger partial charge in [0.25, 0.3) is 0 Å². The van der Waals surface area contributed by atoms with Crippen molar-refractivity contribution in [3.8, 4) is 0 Å². The normalized spacial score (nSPS) is 14.2. The van der Waals surface area contributed by atoms with Crippen molar-refractivity contribution in [3.63, 3.8) is 0 Å². The third kappa shape index (κ3) is 24.7. The molecule has 4 atom stereocenters. The van der Waals surface area contributed by atoms with Gasteiger partial charge in [-0.25, -0.2) is 9.59 Å². The van der Waals surface area contributed by atoms with E-state index in [0.717, 1.165) is 24.7 Å². The van der Waals surface area contributed by atoms with Gasteiger partial charge < -0.3 is 9.47 Å². The molecule has 0 aromatic rings. The molecule has 0 bridgehead atoms. The number of carbonyl (C=O) groups excluding carboxylic acids is 2. The van der Waals surface area contributed by atoms with Crippen LogP contribution in [0.25, 0.3) is 0 Å². The van der Waals surface area contributed by atoms with E-state index in [0.29, 0.717) is 36.9 Å². The highest BCUT2D eigenvalue weighted by molar-refractivity contribution is 5.81. The fraction of sp³-hybridized carbons (Fsp3) is 0.824. The first-order valence-electron chi connectivity index (χ1n) is 15.6. The zero-order valence-electron chi connectivity index (χ0n) is 26.6. The highest BCUT2D eigenvalue weighted by Crippen LogP contribution is 2.26. The van der Waals surface area contributed by atoms with Crippen LogP contribution in [0.5, 0.6) is 0 Å². The predicted octanol–water partition coefficient (Wildman–Crippen LogP) is 9.97. The van der Waals surface area contributed by atoms with Gasteiger partial charge in [0, 0.05) is 12.2 Å². The molecule has 0 spiro atoms. The number of rotatable bonds is 22. The van der Waals surface area contributed by atoms with Gasteiger partial charge in [-0.1, -0.05) is 126 Å². The van der Waals surface area contributed by atoms with E-state index in [1.54, 1.807) is 0 Å². The lowest BCUT2D eigenvalue weighted by Gasteiger charge is -2.24. The second-order valence-corrected chi connectivity index (χ2v) is 12.2. The molecule has 0 aromatic carbocycles. The Kier molecular flexibility index (Phi) is 26.1. The van der Waals surface area contributed by atoms with Crippen molar-refractivity contribution in [2.45, 2.75) is 132 Å². The van der Waals surface area contributed by atoms with Crippen LogP contribution >= 0.6 is 0 Å². The van der Waals surface area contributed by atoms with Crippen molar-refractivity contribution in [3.05, 3.63) is 25.3 Å². The minimum absolute atomic E-state index is 0.295. The maximum absolute atomic E-state index is 11.2. The lowest BCUT2D eigenvalue weighted by Crippen LogP contribution is -2.20. The van der Waals surface area contributed by atoms with Gasteiger partial charge in [-0.05, 0) is 54.8 Å². The van der Waals surface area contributed by atoms with Crippen LogP contribution in [0.2, 0.25) is 0 Å². The van der Waals surface area contributed by atoms with Crippen molar-refractivity contribution < 1.29 is 19.1 Å². The third-order valence-electron chi connectivity index (χ3n) is 7.39. The molecule has 0 saturated heterocycles. The molecule has 0 fully saturated rings. The highest BCUT2D eigenvalue weighted by Gasteiger charge is 2.19. The van der Waals surface area contributed by atoms with Gasteiger partial charge in [-0.2, -0.15) is 0 Å². The van der Waals surface area contributed by atoms with Crippen LogP contribution in [0.15, 0.2) is 25.3 Å². The Bertz CT molecular complexity index is 595. The van der Waals surface area contributed by atoms with E-state index in [9.17, 15) is 9.59 Å². The van der Waals surface area contributed by atoms with E-state index in [1.165, 1.54) is 76.4 Å². The summed E-state index contributed by atoms with van der Waals surface area (Å²) in [6.45, 7) is 26.0. The van der Waals surface area contributed by atoms with Gasteiger partial charge in [0.2, 0.25) is 0 Å². The van der Waals surface area contributed by atoms with Crippen molar-refractivity contribution in [1.29, 1.82) is 0 Å². The van der Waals surface area contributed by atoms with E-state index < -0.39 is 0 Å². The monoisotopic (exact) mass is 536 g/mol. The summed E-state index contributed by atoms with van der Waals surface area (Å²) in [6, 6.07) is 0. The van der Waals surface area contributed by atoms with Crippen LogP contribution in [0.1, 0.15) is 132 Å². The molecule has 0 aliphatic rings. The Morgan fingerprint density at radius 3 is 1.66 bits per heavy atom. The number of unbranched alkanes of at least 4 members (excludes halogenated alkanes) is 1. The van der Waals surface area contributed by atoms with Crippen molar-refractivity contribution in [2.75, 3.05) is 13.2 Å². The molecule has 0 aromatic heterocycles. The number of hydrogen-bond donors (Lipinski definition) is 0. The Morgan fingerprint density at radius 2 is 1.16 bits per heavy atom. The summed E-state index contributed by atoms with van der Waals surface area (Å²) in [7, 11) is 0. The Morgan fingerprint density at radius 1 is 0.632 bits per heavy atom. The number of esters is 2. The zero-order chi connectivity index (χ0) is 29.3. The second-order valence-electron chi connectivity index (χ2n) is 12.2. The van der Waals surface area contributed by atoms with E-state index in [4.69, 9.17) is 9.47 Å². The van der Waals surface area contributed by atoms with Crippen molar-refractivity contribution in [2.24, 2.45) is 35.5 Å². The molecule has 4 unspecified atom stereocenters. The molecule has 0 aliphatic carbocycles. The minimum atomic E-state index is -0.296. The quantitative estimate of drug-likeness (QED) is 0.0784. The number of carbonyl (C=O) groups is 2. The smallest absolute Gasteiger partial charge is 0.330 e. The largest absolute Gasteiger partial charge is 0.462 e. The van der Waals surface area contributed by atoms with Gasteiger partial charge in [-0.15, -0.1) is 0 Å². The third-order valence-corrected chi connectivity index (χ3v) is 7.39. The minimum Gasteiger partial charge on any atom is -0.462 e. The summed E-state index contributed by atoms with van der Waals surface area (Å²) in [6.07, 6.45) is 17.2. The topological polar surface area (TPSA) is 52.6 Å². The molecule has 0 saturated carbocycles. The molecule has 0 aliphatic heterocycles. The van der Waals surface area contributed by atoms with Crippen LogP contribution in [0, 0.1) is 35.5 Å². The summed E-state index contributed by atoms with van der Waals surface area (Å²) in [4.78, 5) is 22.3. The summed E-state index contributed by atoms with van der Waals surface area (Å²) < 4.78 is 10.5. The first-order valence-corrected chi connectivity index (χ1v) is 15.6. The Labute approximate surface area is 237 Å². The Balaban J connectivity index is 0. The van der Waals surface area contributed by atoms with Crippen LogP contribution in [0.4, 0.5) is 0 Å². The van der Waals surface area contributed by atoms with Crippen LogP contribution in [0.3, 0.4) is 0 Å². The predicted molar refractivity (Wildman–Crippen MR) is 164 cm³/mol. The number of hydrogen-bond acceptors (Lipinski definition) is 4. The maximum Gasteiger partial charge on any atom is 0.330 e. The molecular formula is C34H64O4. The fourth-order valence-electron chi connectivity index (χ4n) is 4.73. The molecule has 4 heteroatoms. The van der Waals surface area contributed by atoms with Crippen LogP contribution in [-0.2, 0) is 19.1 Å². The molecule has 4 nitrogen and oxygen atoms in total. The molecule has 38 heavy (non-hydrogen) atoms. The van der Waals surface area contributed by atoms with Gasteiger partial charge in [0.05, 0.1) is 13.2 Å². The molecule has 0 heterocycles. The number of ether oxygens (including phenoxy) is 2. The first-order chi connectivity index (χ1) is 18.0. The standard InChI is InChI=1S/2C17H32O2/c1-6-17(18)19-13-16(12-11-15(4)5)10-8-7-9-14(2)3;1-6-9-14(4)11-12-16(15(5)10-7-2)13-19-17(18)8-3/h6,14-16H,1,7-13H2,2-5H3;8,14-16H,3,6-7,9-13H2,1-2,4-5H3. The lowest BCUT2D eigenvalue weighted by atomic mass is 9.84. The molecule has 0 N–H and O–H groups in total. The molecule has 224 valence electrons. The molecule has 0 rings (SSSR count). The zero-order valence-corrected chi connectivity index (χ0v) is 26.6. The first kappa shape index (κ1) is 38.6. The lowest BCUT2D eigenvalue weighted by molar-refractivity contribution is -0.140. The van der Waals surface area contributed by atoms with E-state index in [1.807, 2.05) is 0 Å². The summed E-state index contributed by atoms with van der Waals surface area (Å²) in [5.41, 5.74) is 0. The second kappa shape index (κ2) is 25.7. The van der Waals surface area contributed by atoms with Gasteiger partial charge in [0.15, 0.2) is 0 Å². The summed E-state index contributed by atoms with van der Waals surface area (Å²) >= 11 is 0. The van der Waals surface area contributed by atoms with Crippen molar-refractivity contribution >= 4 is 11.9 Å². The summed E-state index contributed by atoms with van der Waals surface area (Å²) in [5.74, 6) is 3.31. The molecule has 0 amide bonds. The fourth-order valence-corrected chi connectivity index (χ4v) is 4.73. The van der Waals surface area contributed by atoms with E-state index in [-0.39, 0.29) is 11.9 Å². The van der Waals surface area contributed by atoms with E-state index >= 15 is 0 Å². The van der Waals surface area contributed by atoms with Crippen LogP contribution in [-0.4, -0.2) is 25.2 Å². The highest BCUT2D eigenvalue weighted by atomic mass is 16.5. The van der Waals surface area contributed by atoms with Gasteiger partial charge in [0.1, 0.15) is 0 Å². The average molecular weight is 537 g/mol. The van der Waals surface area contributed by atoms with Gasteiger partial charge in [-0.3, -0.25) is 0 Å². The average Bonchev–Trinajstić information content (AvgIpc) is 2.87. The van der Waals surface area contributed by atoms with Gasteiger partial charge >= 0.3 is 11.9 Å². The van der Waals surface area contributed by atoms with Crippen molar-refractivity contribution in [1.82, 2.24) is 0 Å². The van der Waals surface area contributed by atoms with Crippen LogP contribution < -0.4 is 0 Å². The Hall–Kier alpha value is -1.58. The molecule has 0 radical (unpaired) electrons. The summed E-state index contributed by atoms with van der Waals surface area (Å²) in [5, 5.41) is 0. The van der Waals surface area contributed by atoms with E-state index in [2.05, 4.69) is 68.5 Å². The SMILES string of the molecule is C=CC(=O)OCC(CCC(C)CCC)C(C)CCC.C=CC(=O)OCC(CCCCC(C)C)CCC(C)C. The molecular weight excluding hydrogens is 472 g/mol.